The molecule has 0 amide bonds. The van der Waals surface area contributed by atoms with E-state index in [1.54, 1.807) is 48.5 Å². The molecule has 0 atom stereocenters. The van der Waals surface area contributed by atoms with Crippen molar-refractivity contribution in [1.29, 1.82) is 0 Å². The van der Waals surface area contributed by atoms with Crippen molar-refractivity contribution in [3.63, 3.8) is 0 Å². The van der Waals surface area contributed by atoms with E-state index >= 15 is 0 Å². The molecule has 2 aromatic carbocycles. The van der Waals surface area contributed by atoms with Crippen molar-refractivity contribution in [2.24, 2.45) is 0 Å². The van der Waals surface area contributed by atoms with Crippen molar-refractivity contribution in [2.45, 2.75) is 27.2 Å². The van der Waals surface area contributed by atoms with E-state index < -0.39 is 13.3 Å². The second-order valence-electron chi connectivity index (χ2n) is 6.40. The number of halogens is 8. The third kappa shape index (κ3) is 7.27. The average Bonchev–Trinajstić information content (AvgIpc) is 2.59. The molecule has 164 valence electrons. The molecule has 0 aliphatic heterocycles. The standard InChI is InChI=1S/C19H14Br8O3/c1-16(20,21)18(24,25)29-13-7-3-5-11(9-13)15(28)12-6-4-8-14(10-12)30-19(26,27)17(2,22)23/h3-10H,1-2H3. The highest BCUT2D eigenvalue weighted by Crippen LogP contribution is 2.50. The number of benzene rings is 2. The molecule has 0 N–H and O–H groups in total. The highest BCUT2D eigenvalue weighted by molar-refractivity contribution is 9.30. The molecular weight excluding hydrogens is 915 g/mol. The van der Waals surface area contributed by atoms with E-state index in [1.165, 1.54) is 0 Å². The summed E-state index contributed by atoms with van der Waals surface area (Å²) < 4.78 is 8.85. The van der Waals surface area contributed by atoms with Gasteiger partial charge < -0.3 is 9.47 Å². The first-order valence-corrected chi connectivity index (χ1v) is 14.5. The lowest BCUT2D eigenvalue weighted by Crippen LogP contribution is -2.37. The lowest BCUT2D eigenvalue weighted by Gasteiger charge is -2.31. The van der Waals surface area contributed by atoms with Crippen LogP contribution in [0.25, 0.3) is 0 Å². The first kappa shape index (κ1) is 27.8. The number of carbonyl (C=O) groups excluding carboxylic acids is 1. The Morgan fingerprint density at radius 2 is 1.00 bits per heavy atom. The highest BCUT2D eigenvalue weighted by atomic mass is 79.9. The Hall–Kier alpha value is 1.55. The molecule has 0 saturated heterocycles. The zero-order valence-corrected chi connectivity index (χ0v) is 28.1. The van der Waals surface area contributed by atoms with E-state index in [4.69, 9.17) is 9.47 Å². The Kier molecular flexibility index (Phi) is 9.67. The van der Waals surface area contributed by atoms with Crippen molar-refractivity contribution in [1.82, 2.24) is 0 Å². The van der Waals surface area contributed by atoms with Gasteiger partial charge in [-0.2, -0.15) is 0 Å². The van der Waals surface area contributed by atoms with Gasteiger partial charge in [0, 0.05) is 11.1 Å². The lowest BCUT2D eigenvalue weighted by molar-refractivity contribution is 0.103. The topological polar surface area (TPSA) is 35.5 Å². The predicted molar refractivity (Wildman–Crippen MR) is 151 cm³/mol. The number of carbonyl (C=O) groups is 1. The van der Waals surface area contributed by atoms with E-state index in [9.17, 15) is 4.79 Å². The molecule has 0 aromatic heterocycles. The van der Waals surface area contributed by atoms with Crippen LogP contribution in [0.3, 0.4) is 0 Å². The monoisotopic (exact) mass is 921 g/mol. The van der Waals surface area contributed by atoms with E-state index in [-0.39, 0.29) is 5.78 Å². The summed E-state index contributed by atoms with van der Waals surface area (Å²) in [4.78, 5) is 13.1. The van der Waals surface area contributed by atoms with Crippen LogP contribution >= 0.6 is 127 Å². The molecule has 0 saturated carbocycles. The van der Waals surface area contributed by atoms with E-state index in [0.29, 0.717) is 22.6 Å². The second-order valence-corrected chi connectivity index (χ2v) is 21.5. The maximum Gasteiger partial charge on any atom is 0.242 e. The Balaban J connectivity index is 2.28. The summed E-state index contributed by atoms with van der Waals surface area (Å²) >= 11 is 27.9. The van der Waals surface area contributed by atoms with Crippen LogP contribution in [0, 0.1) is 0 Å². The third-order valence-electron chi connectivity index (χ3n) is 3.71. The van der Waals surface area contributed by atoms with Gasteiger partial charge in [-0.1, -0.05) is 88.0 Å². The van der Waals surface area contributed by atoms with Gasteiger partial charge in [-0.3, -0.25) is 4.79 Å². The first-order valence-electron chi connectivity index (χ1n) is 8.18. The fourth-order valence-electron chi connectivity index (χ4n) is 2.04. The summed E-state index contributed by atoms with van der Waals surface area (Å²) in [5.74, 6) is 0.874. The lowest BCUT2D eigenvalue weighted by atomic mass is 10.0. The minimum absolute atomic E-state index is 0.156. The predicted octanol–water partition coefficient (Wildman–Crippen LogP) is 9.57. The molecule has 2 rings (SSSR count). The second kappa shape index (κ2) is 10.4. The van der Waals surface area contributed by atoms with Crippen LogP contribution < -0.4 is 9.47 Å². The van der Waals surface area contributed by atoms with Gasteiger partial charge in [-0.15, -0.1) is 0 Å². The molecular formula is C19H14Br8O3. The van der Waals surface area contributed by atoms with Crippen molar-refractivity contribution >= 4 is 133 Å². The van der Waals surface area contributed by atoms with Crippen LogP contribution in [-0.4, -0.2) is 19.1 Å². The molecule has 0 unspecified atom stereocenters. The van der Waals surface area contributed by atoms with Crippen LogP contribution in [0.4, 0.5) is 0 Å². The summed E-state index contributed by atoms with van der Waals surface area (Å²) in [7, 11) is 0. The normalized spacial score (nSPS) is 13.1. The van der Waals surface area contributed by atoms with Gasteiger partial charge in [0.05, 0.1) is 0 Å². The van der Waals surface area contributed by atoms with Crippen LogP contribution in [-0.2, 0) is 0 Å². The SMILES string of the molecule is CC(Br)(Br)C(Br)(Br)Oc1cccc(C(=O)c2cccc(OC(Br)(Br)C(C)(Br)Br)c2)c1. The van der Waals surface area contributed by atoms with Gasteiger partial charge in [0.1, 0.15) is 18.0 Å². The molecule has 0 radical (unpaired) electrons. The van der Waals surface area contributed by atoms with Gasteiger partial charge in [0.15, 0.2) is 5.78 Å². The molecule has 30 heavy (non-hydrogen) atoms. The first-order chi connectivity index (χ1) is 13.5. The molecule has 0 bridgehead atoms. The Labute approximate surface area is 242 Å². The average molecular weight is 930 g/mol. The van der Waals surface area contributed by atoms with Crippen molar-refractivity contribution in [3.05, 3.63) is 59.7 Å². The quantitative estimate of drug-likeness (QED) is 0.196. The summed E-state index contributed by atoms with van der Waals surface area (Å²) in [5, 5.41) is 0. The summed E-state index contributed by atoms with van der Waals surface area (Å²) in [6, 6.07) is 13.9. The summed E-state index contributed by atoms with van der Waals surface area (Å²) in [6.07, 6.45) is 0. The van der Waals surface area contributed by atoms with Crippen LogP contribution in [0.2, 0.25) is 0 Å². The van der Waals surface area contributed by atoms with Crippen LogP contribution in [0.5, 0.6) is 11.5 Å². The molecule has 0 heterocycles. The fraction of sp³-hybridized carbons (Fsp3) is 0.316. The smallest absolute Gasteiger partial charge is 0.242 e. The number of alkyl halides is 8. The minimum Gasteiger partial charge on any atom is -0.464 e. The van der Waals surface area contributed by atoms with E-state index in [1.807, 2.05) is 13.8 Å². The van der Waals surface area contributed by atoms with E-state index in [2.05, 4.69) is 127 Å². The van der Waals surface area contributed by atoms with Gasteiger partial charge in [0.25, 0.3) is 0 Å². The van der Waals surface area contributed by atoms with Gasteiger partial charge in [-0.25, -0.2) is 0 Å². The minimum atomic E-state index is -0.935. The van der Waals surface area contributed by atoms with Gasteiger partial charge >= 0.3 is 0 Å². The van der Waals surface area contributed by atoms with Crippen LogP contribution in [0.15, 0.2) is 48.5 Å². The largest absolute Gasteiger partial charge is 0.464 e. The molecule has 0 spiro atoms. The Morgan fingerprint density at radius 3 is 1.30 bits per heavy atom. The molecule has 0 aliphatic carbocycles. The Bertz CT molecular complexity index is 843. The maximum absolute atomic E-state index is 13.1. The maximum atomic E-state index is 13.1. The van der Waals surface area contributed by atoms with Crippen LogP contribution in [0.1, 0.15) is 29.8 Å². The molecule has 3 nitrogen and oxygen atoms in total. The van der Waals surface area contributed by atoms with Crippen molar-refractivity contribution < 1.29 is 14.3 Å². The number of ether oxygens (including phenoxy) is 2. The Morgan fingerprint density at radius 1 is 0.667 bits per heavy atom. The van der Waals surface area contributed by atoms with E-state index in [0.717, 1.165) is 0 Å². The zero-order valence-electron chi connectivity index (χ0n) is 15.4. The molecule has 11 heteroatoms. The number of rotatable bonds is 8. The number of ketones is 1. The highest BCUT2D eigenvalue weighted by Gasteiger charge is 2.44. The summed E-state index contributed by atoms with van der Waals surface area (Å²) in [6.45, 7) is 3.74. The van der Waals surface area contributed by atoms with Crippen molar-refractivity contribution in [3.8, 4) is 11.5 Å². The summed E-state index contributed by atoms with van der Waals surface area (Å²) in [5.41, 5.74) is 0.974. The molecule has 0 aliphatic rings. The fourth-order valence-corrected chi connectivity index (χ4v) is 3.11. The number of hydrogen-bond donors (Lipinski definition) is 0. The van der Waals surface area contributed by atoms with Crippen molar-refractivity contribution in [2.75, 3.05) is 0 Å². The van der Waals surface area contributed by atoms with Gasteiger partial charge in [0.2, 0.25) is 6.84 Å². The number of hydrogen-bond acceptors (Lipinski definition) is 3. The molecule has 0 fully saturated rings. The molecule has 2 aromatic rings. The third-order valence-corrected chi connectivity index (χ3v) is 14.0. The zero-order chi connectivity index (χ0) is 23.0. The van der Waals surface area contributed by atoms with Gasteiger partial charge in [-0.05, 0) is 102 Å².